The Hall–Kier alpha value is -1.55. The van der Waals surface area contributed by atoms with E-state index in [4.69, 9.17) is 4.42 Å². The Kier molecular flexibility index (Phi) is 4.23. The lowest BCUT2D eigenvalue weighted by atomic mass is 9.49. The van der Waals surface area contributed by atoms with Crippen LogP contribution in [0.2, 0.25) is 0 Å². The molecule has 4 saturated carbocycles. The van der Waals surface area contributed by atoms with Gasteiger partial charge >= 0.3 is 0 Å². The number of furan rings is 1. The smallest absolute Gasteiger partial charge is 0.229 e. The minimum Gasteiger partial charge on any atom is -0.467 e. The van der Waals surface area contributed by atoms with E-state index in [-0.39, 0.29) is 9.74 Å². The largest absolute Gasteiger partial charge is 0.467 e. The van der Waals surface area contributed by atoms with Gasteiger partial charge in [-0.25, -0.2) is 0 Å². The normalized spacial score (nSPS) is 34.0. The van der Waals surface area contributed by atoms with Crippen LogP contribution in [0.4, 0.5) is 0 Å². The molecular formula is C23H26BrNO2. The van der Waals surface area contributed by atoms with E-state index in [2.05, 4.69) is 28.1 Å². The van der Waals surface area contributed by atoms with Crippen molar-refractivity contribution in [3.63, 3.8) is 0 Å². The van der Waals surface area contributed by atoms with E-state index in [9.17, 15) is 4.79 Å². The van der Waals surface area contributed by atoms with Gasteiger partial charge in [-0.2, -0.15) is 0 Å². The fourth-order valence-electron chi connectivity index (χ4n) is 6.33. The topological polar surface area (TPSA) is 33.5 Å². The van der Waals surface area contributed by atoms with Crippen LogP contribution < -0.4 is 0 Å². The molecule has 0 aliphatic heterocycles. The maximum atomic E-state index is 13.9. The van der Waals surface area contributed by atoms with E-state index in [0.717, 1.165) is 25.0 Å². The van der Waals surface area contributed by atoms with Crippen LogP contribution >= 0.6 is 15.9 Å². The quantitative estimate of drug-likeness (QED) is 0.586. The molecule has 2 unspecified atom stereocenters. The first-order chi connectivity index (χ1) is 13.0. The summed E-state index contributed by atoms with van der Waals surface area (Å²) in [6.45, 7) is 1.19. The molecule has 2 aromatic rings. The third-order valence-electron chi connectivity index (χ3n) is 6.87. The number of hydrogen-bond donors (Lipinski definition) is 0. The van der Waals surface area contributed by atoms with Crippen molar-refractivity contribution in [2.45, 2.75) is 55.9 Å². The second-order valence-electron chi connectivity index (χ2n) is 9.12. The molecule has 0 saturated heterocycles. The van der Waals surface area contributed by atoms with Crippen LogP contribution in [0.25, 0.3) is 0 Å². The first-order valence-corrected chi connectivity index (χ1v) is 10.9. The van der Waals surface area contributed by atoms with Gasteiger partial charge in [0.25, 0.3) is 0 Å². The number of amides is 1. The van der Waals surface area contributed by atoms with E-state index in [1.54, 1.807) is 6.26 Å². The molecular weight excluding hydrogens is 402 g/mol. The molecule has 3 nitrogen and oxygen atoms in total. The Morgan fingerprint density at radius 1 is 1.04 bits per heavy atom. The second-order valence-corrected chi connectivity index (χ2v) is 10.8. The summed E-state index contributed by atoms with van der Waals surface area (Å²) < 4.78 is 5.78. The molecule has 1 aromatic heterocycles. The van der Waals surface area contributed by atoms with Gasteiger partial charge in [0, 0.05) is 10.9 Å². The number of carbonyl (C=O) groups excluding carboxylic acids is 1. The van der Waals surface area contributed by atoms with Crippen LogP contribution in [0, 0.1) is 17.3 Å². The van der Waals surface area contributed by atoms with E-state index in [1.807, 2.05) is 35.2 Å². The van der Waals surface area contributed by atoms with Gasteiger partial charge in [-0.3, -0.25) is 4.79 Å². The molecule has 1 aromatic carbocycles. The molecule has 0 spiro atoms. The van der Waals surface area contributed by atoms with Gasteiger partial charge in [0.05, 0.1) is 18.2 Å². The van der Waals surface area contributed by atoms with Crippen molar-refractivity contribution in [3.05, 3.63) is 60.1 Å². The summed E-state index contributed by atoms with van der Waals surface area (Å²) in [4.78, 5) is 16.0. The summed E-state index contributed by atoms with van der Waals surface area (Å²) in [5.74, 6) is 2.60. The first-order valence-electron chi connectivity index (χ1n) is 10.1. The lowest BCUT2D eigenvalue weighted by Gasteiger charge is -2.60. The standard InChI is InChI=1S/C23H26BrNO2/c24-23-12-18-9-19(13-23)11-22(10-18,16-23)21(26)25(15-20-7-4-8-27-20)14-17-5-2-1-3-6-17/h1-8,18-19H,9-16H2. The molecule has 2 atom stereocenters. The third kappa shape index (κ3) is 3.26. The highest BCUT2D eigenvalue weighted by atomic mass is 79.9. The maximum absolute atomic E-state index is 13.9. The average molecular weight is 428 g/mol. The van der Waals surface area contributed by atoms with E-state index in [0.29, 0.717) is 30.8 Å². The molecule has 1 amide bonds. The van der Waals surface area contributed by atoms with Gasteiger partial charge in [-0.15, -0.1) is 0 Å². The molecule has 4 aliphatic carbocycles. The van der Waals surface area contributed by atoms with Crippen LogP contribution in [0.15, 0.2) is 53.1 Å². The SMILES string of the molecule is O=C(N(Cc1ccccc1)Cc1ccco1)C12CC3CC(CC(Br)(C3)C1)C2. The fourth-order valence-corrected chi connectivity index (χ4v) is 7.78. The lowest BCUT2D eigenvalue weighted by Crippen LogP contribution is -2.58. The van der Waals surface area contributed by atoms with Gasteiger partial charge in [-0.05, 0) is 68.1 Å². The van der Waals surface area contributed by atoms with Crippen LogP contribution in [0.5, 0.6) is 0 Å². The number of carbonyl (C=O) groups is 1. The molecule has 4 fully saturated rings. The zero-order valence-electron chi connectivity index (χ0n) is 15.6. The number of rotatable bonds is 5. The zero-order chi connectivity index (χ0) is 18.5. The predicted molar refractivity (Wildman–Crippen MR) is 108 cm³/mol. The zero-order valence-corrected chi connectivity index (χ0v) is 17.2. The highest BCUT2D eigenvalue weighted by Crippen LogP contribution is 2.64. The minimum absolute atomic E-state index is 0.186. The molecule has 1 heterocycles. The van der Waals surface area contributed by atoms with Crippen molar-refractivity contribution in [1.29, 1.82) is 0 Å². The van der Waals surface area contributed by atoms with Crippen molar-refractivity contribution in [2.75, 3.05) is 0 Å². The molecule has 0 radical (unpaired) electrons. The minimum atomic E-state index is -0.186. The summed E-state index contributed by atoms with van der Waals surface area (Å²) in [5, 5.41) is 0. The summed E-state index contributed by atoms with van der Waals surface area (Å²) >= 11 is 4.05. The fraction of sp³-hybridized carbons (Fsp3) is 0.522. The molecule has 27 heavy (non-hydrogen) atoms. The van der Waals surface area contributed by atoms with E-state index < -0.39 is 0 Å². The van der Waals surface area contributed by atoms with E-state index >= 15 is 0 Å². The van der Waals surface area contributed by atoms with Crippen molar-refractivity contribution in [1.82, 2.24) is 4.90 Å². The van der Waals surface area contributed by atoms with Gasteiger partial charge in [0.2, 0.25) is 5.91 Å². The van der Waals surface area contributed by atoms with Crippen LogP contribution in [0.1, 0.15) is 49.8 Å². The van der Waals surface area contributed by atoms with Crippen molar-refractivity contribution in [3.8, 4) is 0 Å². The number of benzene rings is 1. The Morgan fingerprint density at radius 2 is 1.78 bits per heavy atom. The van der Waals surface area contributed by atoms with Crippen LogP contribution in [0.3, 0.4) is 0 Å². The second kappa shape index (κ2) is 6.51. The van der Waals surface area contributed by atoms with E-state index in [1.165, 1.54) is 24.8 Å². The van der Waals surface area contributed by atoms with Crippen molar-refractivity contribution in [2.24, 2.45) is 17.3 Å². The lowest BCUT2D eigenvalue weighted by molar-refractivity contribution is -0.157. The van der Waals surface area contributed by atoms with Gasteiger partial charge in [-0.1, -0.05) is 46.3 Å². The van der Waals surface area contributed by atoms with Crippen molar-refractivity contribution >= 4 is 21.8 Å². The van der Waals surface area contributed by atoms with Crippen LogP contribution in [-0.2, 0) is 17.9 Å². The Morgan fingerprint density at radius 3 is 2.41 bits per heavy atom. The summed E-state index contributed by atoms with van der Waals surface area (Å²) in [6, 6.07) is 14.2. The predicted octanol–water partition coefficient (Wildman–Crippen LogP) is 5.54. The van der Waals surface area contributed by atoms with Gasteiger partial charge < -0.3 is 9.32 Å². The molecule has 4 heteroatoms. The summed E-state index contributed by atoms with van der Waals surface area (Å²) in [7, 11) is 0. The van der Waals surface area contributed by atoms with Crippen LogP contribution in [-0.4, -0.2) is 15.1 Å². The Bertz CT molecular complexity index is 802. The highest BCUT2D eigenvalue weighted by molar-refractivity contribution is 9.10. The Balaban J connectivity index is 1.45. The van der Waals surface area contributed by atoms with Gasteiger partial charge in [0.1, 0.15) is 5.76 Å². The number of hydrogen-bond acceptors (Lipinski definition) is 2. The molecule has 4 aliphatic rings. The number of halogens is 1. The average Bonchev–Trinajstić information content (AvgIpc) is 3.12. The first kappa shape index (κ1) is 17.5. The summed E-state index contributed by atoms with van der Waals surface area (Å²) in [5.41, 5.74) is 0.991. The maximum Gasteiger partial charge on any atom is 0.229 e. The van der Waals surface area contributed by atoms with Gasteiger partial charge in [0.15, 0.2) is 0 Å². The number of alkyl halides is 1. The number of nitrogens with zero attached hydrogens (tertiary/aromatic N) is 1. The highest BCUT2D eigenvalue weighted by Gasteiger charge is 2.60. The van der Waals surface area contributed by atoms with Crippen molar-refractivity contribution < 1.29 is 9.21 Å². The Labute approximate surface area is 169 Å². The monoisotopic (exact) mass is 427 g/mol. The molecule has 142 valence electrons. The third-order valence-corrected chi connectivity index (χ3v) is 7.80. The summed E-state index contributed by atoms with van der Waals surface area (Å²) in [6.07, 6.45) is 8.64. The molecule has 0 N–H and O–H groups in total. The molecule has 6 rings (SSSR count). The molecule has 4 bridgehead atoms.